The molecule has 0 aliphatic rings. The van der Waals surface area contributed by atoms with Gasteiger partial charge in [-0.2, -0.15) is 0 Å². The van der Waals surface area contributed by atoms with Crippen molar-refractivity contribution >= 4 is 5.91 Å². The lowest BCUT2D eigenvalue weighted by Gasteiger charge is -2.19. The van der Waals surface area contributed by atoms with Gasteiger partial charge in [-0.05, 0) is 31.7 Å². The third-order valence-corrected chi connectivity index (χ3v) is 3.56. The van der Waals surface area contributed by atoms with Crippen molar-refractivity contribution in [3.05, 3.63) is 0 Å². The van der Waals surface area contributed by atoms with Crippen molar-refractivity contribution in [1.29, 1.82) is 0 Å². The standard InChI is InChI=1S/C15H32N2O/c1-4-6-7-13-17(3)15(18)10-9-14(8-5-2)11-12-16/h14H,4-13,16H2,1-3H3. The van der Waals surface area contributed by atoms with Crippen molar-refractivity contribution in [3.8, 4) is 0 Å². The topological polar surface area (TPSA) is 46.3 Å². The van der Waals surface area contributed by atoms with E-state index in [9.17, 15) is 4.79 Å². The Morgan fingerprint density at radius 1 is 1.11 bits per heavy atom. The van der Waals surface area contributed by atoms with Gasteiger partial charge in [-0.25, -0.2) is 0 Å². The van der Waals surface area contributed by atoms with Gasteiger partial charge in [0.15, 0.2) is 0 Å². The smallest absolute Gasteiger partial charge is 0.222 e. The fraction of sp³-hybridized carbons (Fsp3) is 0.933. The molecule has 0 rings (SSSR count). The molecule has 0 aromatic heterocycles. The molecular weight excluding hydrogens is 224 g/mol. The molecule has 0 saturated carbocycles. The second-order valence-electron chi connectivity index (χ2n) is 5.29. The highest BCUT2D eigenvalue weighted by atomic mass is 16.2. The van der Waals surface area contributed by atoms with Crippen molar-refractivity contribution in [1.82, 2.24) is 4.90 Å². The van der Waals surface area contributed by atoms with E-state index in [-0.39, 0.29) is 0 Å². The molecule has 0 heterocycles. The van der Waals surface area contributed by atoms with Gasteiger partial charge in [0.2, 0.25) is 5.91 Å². The zero-order chi connectivity index (χ0) is 13.8. The van der Waals surface area contributed by atoms with Crippen LogP contribution in [0.3, 0.4) is 0 Å². The summed E-state index contributed by atoms with van der Waals surface area (Å²) in [7, 11) is 1.93. The summed E-state index contributed by atoms with van der Waals surface area (Å²) in [4.78, 5) is 13.8. The molecule has 3 nitrogen and oxygen atoms in total. The molecule has 0 fully saturated rings. The summed E-state index contributed by atoms with van der Waals surface area (Å²) in [5, 5.41) is 0. The molecule has 0 aliphatic heterocycles. The van der Waals surface area contributed by atoms with Crippen molar-refractivity contribution in [2.75, 3.05) is 20.1 Å². The Balaban J connectivity index is 3.83. The van der Waals surface area contributed by atoms with Gasteiger partial charge in [-0.15, -0.1) is 0 Å². The number of hydrogen-bond donors (Lipinski definition) is 1. The van der Waals surface area contributed by atoms with Crippen LogP contribution in [0.4, 0.5) is 0 Å². The maximum Gasteiger partial charge on any atom is 0.222 e. The second-order valence-corrected chi connectivity index (χ2v) is 5.29. The van der Waals surface area contributed by atoms with Crippen LogP contribution < -0.4 is 5.73 Å². The number of unbranched alkanes of at least 4 members (excludes halogenated alkanes) is 2. The Kier molecular flexibility index (Phi) is 11.2. The van der Waals surface area contributed by atoms with Crippen LogP contribution in [0, 0.1) is 5.92 Å². The summed E-state index contributed by atoms with van der Waals surface area (Å²) in [5.74, 6) is 0.928. The van der Waals surface area contributed by atoms with Crippen molar-refractivity contribution in [3.63, 3.8) is 0 Å². The van der Waals surface area contributed by atoms with Crippen LogP contribution in [0.2, 0.25) is 0 Å². The molecule has 0 spiro atoms. The normalized spacial score (nSPS) is 12.4. The Hall–Kier alpha value is -0.570. The summed E-state index contributed by atoms with van der Waals surface area (Å²) < 4.78 is 0. The molecule has 0 aromatic carbocycles. The van der Waals surface area contributed by atoms with Gasteiger partial charge in [0.1, 0.15) is 0 Å². The molecule has 108 valence electrons. The van der Waals surface area contributed by atoms with Gasteiger partial charge in [-0.1, -0.05) is 39.5 Å². The Morgan fingerprint density at radius 3 is 2.39 bits per heavy atom. The molecule has 0 saturated heterocycles. The Morgan fingerprint density at radius 2 is 1.83 bits per heavy atom. The first-order valence-electron chi connectivity index (χ1n) is 7.59. The molecule has 0 aliphatic carbocycles. The molecule has 0 radical (unpaired) electrons. The third-order valence-electron chi connectivity index (χ3n) is 3.56. The Bertz CT molecular complexity index is 201. The van der Waals surface area contributed by atoms with Gasteiger partial charge in [0.25, 0.3) is 0 Å². The average molecular weight is 256 g/mol. The molecule has 1 amide bonds. The van der Waals surface area contributed by atoms with E-state index >= 15 is 0 Å². The first-order chi connectivity index (χ1) is 8.65. The van der Waals surface area contributed by atoms with E-state index in [0.717, 1.165) is 32.4 Å². The lowest BCUT2D eigenvalue weighted by Crippen LogP contribution is -2.28. The minimum Gasteiger partial charge on any atom is -0.346 e. The van der Waals surface area contributed by atoms with Gasteiger partial charge < -0.3 is 10.6 Å². The van der Waals surface area contributed by atoms with Crippen molar-refractivity contribution < 1.29 is 4.79 Å². The summed E-state index contributed by atoms with van der Waals surface area (Å²) in [6.45, 7) is 6.03. The third kappa shape index (κ3) is 8.51. The van der Waals surface area contributed by atoms with Crippen molar-refractivity contribution in [2.45, 2.75) is 65.2 Å². The predicted octanol–water partition coefficient (Wildman–Crippen LogP) is 3.18. The number of nitrogens with zero attached hydrogens (tertiary/aromatic N) is 1. The fourth-order valence-electron chi connectivity index (χ4n) is 2.32. The van der Waals surface area contributed by atoms with E-state index in [1.807, 2.05) is 11.9 Å². The Labute approximate surface area is 113 Å². The molecule has 1 atom stereocenters. The number of carbonyl (C=O) groups is 1. The van der Waals surface area contributed by atoms with Gasteiger partial charge >= 0.3 is 0 Å². The first kappa shape index (κ1) is 17.4. The monoisotopic (exact) mass is 256 g/mol. The van der Waals surface area contributed by atoms with Crippen LogP contribution in [0.1, 0.15) is 65.2 Å². The van der Waals surface area contributed by atoms with E-state index in [1.165, 1.54) is 25.7 Å². The molecule has 0 aromatic rings. The predicted molar refractivity (Wildman–Crippen MR) is 78.5 cm³/mol. The molecule has 1 unspecified atom stereocenters. The lowest BCUT2D eigenvalue weighted by molar-refractivity contribution is -0.130. The minimum absolute atomic E-state index is 0.296. The van der Waals surface area contributed by atoms with Gasteiger partial charge in [0, 0.05) is 20.0 Å². The van der Waals surface area contributed by atoms with E-state index in [1.54, 1.807) is 0 Å². The number of rotatable bonds is 11. The van der Waals surface area contributed by atoms with Crippen LogP contribution >= 0.6 is 0 Å². The number of nitrogens with two attached hydrogens (primary N) is 1. The quantitative estimate of drug-likeness (QED) is 0.577. The van der Waals surface area contributed by atoms with E-state index in [4.69, 9.17) is 5.73 Å². The van der Waals surface area contributed by atoms with Crippen LogP contribution in [-0.2, 0) is 4.79 Å². The van der Waals surface area contributed by atoms with Crippen molar-refractivity contribution in [2.24, 2.45) is 11.7 Å². The maximum atomic E-state index is 11.9. The number of hydrogen-bond acceptors (Lipinski definition) is 2. The van der Waals surface area contributed by atoms with E-state index in [2.05, 4.69) is 13.8 Å². The molecule has 0 bridgehead atoms. The van der Waals surface area contributed by atoms with Gasteiger partial charge in [-0.3, -0.25) is 4.79 Å². The van der Waals surface area contributed by atoms with Crippen LogP contribution in [0.5, 0.6) is 0 Å². The summed E-state index contributed by atoms with van der Waals surface area (Å²) in [6, 6.07) is 0. The summed E-state index contributed by atoms with van der Waals surface area (Å²) in [6.07, 6.45) is 8.67. The van der Waals surface area contributed by atoms with E-state index < -0.39 is 0 Å². The van der Waals surface area contributed by atoms with Crippen LogP contribution in [0.15, 0.2) is 0 Å². The highest BCUT2D eigenvalue weighted by Gasteiger charge is 2.12. The molecule has 3 heteroatoms. The molecule has 18 heavy (non-hydrogen) atoms. The van der Waals surface area contributed by atoms with Crippen LogP contribution in [-0.4, -0.2) is 30.9 Å². The fourth-order valence-corrected chi connectivity index (χ4v) is 2.32. The zero-order valence-corrected chi connectivity index (χ0v) is 12.6. The first-order valence-corrected chi connectivity index (χ1v) is 7.59. The number of carbonyl (C=O) groups excluding carboxylic acids is 1. The summed E-state index contributed by atoms with van der Waals surface area (Å²) >= 11 is 0. The van der Waals surface area contributed by atoms with Crippen LogP contribution in [0.25, 0.3) is 0 Å². The summed E-state index contributed by atoms with van der Waals surface area (Å²) in [5.41, 5.74) is 5.61. The maximum absolute atomic E-state index is 11.9. The molecule has 2 N–H and O–H groups in total. The average Bonchev–Trinajstić information content (AvgIpc) is 2.36. The highest BCUT2D eigenvalue weighted by molar-refractivity contribution is 5.75. The zero-order valence-electron chi connectivity index (χ0n) is 12.6. The number of amides is 1. The largest absolute Gasteiger partial charge is 0.346 e. The van der Waals surface area contributed by atoms with E-state index in [0.29, 0.717) is 18.2 Å². The highest BCUT2D eigenvalue weighted by Crippen LogP contribution is 2.17. The minimum atomic E-state index is 0.296. The second kappa shape index (κ2) is 11.5. The van der Waals surface area contributed by atoms with Gasteiger partial charge in [0.05, 0.1) is 0 Å². The SMILES string of the molecule is CCCCCN(C)C(=O)CCC(CCC)CCN. The molecular formula is C15H32N2O. The lowest BCUT2D eigenvalue weighted by atomic mass is 9.94.